The van der Waals surface area contributed by atoms with Crippen molar-refractivity contribution in [3.05, 3.63) is 78.0 Å². The predicted molar refractivity (Wildman–Crippen MR) is 127 cm³/mol. The van der Waals surface area contributed by atoms with Gasteiger partial charge in [0.25, 0.3) is 0 Å². The number of ketones is 1. The molecule has 2 aromatic carbocycles. The fraction of sp³-hybridized carbons (Fsp3) is 0.269. The molecule has 0 spiro atoms. The van der Waals surface area contributed by atoms with Crippen LogP contribution >= 0.6 is 0 Å². The van der Waals surface area contributed by atoms with Crippen LogP contribution in [0, 0.1) is 6.92 Å². The Morgan fingerprint density at radius 1 is 1.15 bits per heavy atom. The highest BCUT2D eigenvalue weighted by Crippen LogP contribution is 2.34. The largest absolute Gasteiger partial charge is 0.497 e. The number of pyridine rings is 1. The maximum Gasteiger partial charge on any atom is 0.185 e. The van der Waals surface area contributed by atoms with E-state index >= 15 is 0 Å². The molecule has 2 N–H and O–H groups in total. The maximum absolute atomic E-state index is 12.3. The van der Waals surface area contributed by atoms with Crippen LogP contribution in [0.5, 0.6) is 5.75 Å². The van der Waals surface area contributed by atoms with Gasteiger partial charge < -0.3 is 19.7 Å². The van der Waals surface area contributed by atoms with Crippen LogP contribution < -0.4 is 4.74 Å². The van der Waals surface area contributed by atoms with Gasteiger partial charge in [-0.15, -0.1) is 0 Å². The lowest BCUT2D eigenvalue weighted by atomic mass is 10.1. The number of aliphatic hydroxyl groups excluding tert-OH is 2. The van der Waals surface area contributed by atoms with Gasteiger partial charge in [-0.2, -0.15) is 5.10 Å². The van der Waals surface area contributed by atoms with Gasteiger partial charge in [-0.3, -0.25) is 4.79 Å². The summed E-state index contributed by atoms with van der Waals surface area (Å²) in [5, 5.41) is 27.6. The molecule has 0 aliphatic carbocycles. The second kappa shape index (κ2) is 8.98. The third-order valence-electron chi connectivity index (χ3n) is 6.14. The number of aryl methyl sites for hydroxylation is 1. The summed E-state index contributed by atoms with van der Waals surface area (Å²) in [6.45, 7) is 1.86. The summed E-state index contributed by atoms with van der Waals surface area (Å²) in [5.74, 6) is 0.601. The third kappa shape index (κ3) is 3.96. The topological polar surface area (TPSA) is 107 Å². The van der Waals surface area contributed by atoms with Gasteiger partial charge >= 0.3 is 0 Å². The number of ether oxygens (including phenoxy) is 2. The summed E-state index contributed by atoms with van der Waals surface area (Å²) in [6.07, 6.45) is -0.543. The van der Waals surface area contributed by atoms with Crippen LogP contribution in [-0.4, -0.2) is 56.2 Å². The third-order valence-corrected chi connectivity index (χ3v) is 6.14. The molecule has 8 heteroatoms. The highest BCUT2D eigenvalue weighted by molar-refractivity contribution is 6.04. The van der Waals surface area contributed by atoms with E-state index in [9.17, 15) is 15.0 Å². The molecule has 1 fully saturated rings. The van der Waals surface area contributed by atoms with Crippen LogP contribution in [0.1, 0.15) is 28.7 Å². The van der Waals surface area contributed by atoms with E-state index in [4.69, 9.17) is 14.5 Å². The van der Waals surface area contributed by atoms with E-state index in [1.165, 1.54) is 10.8 Å². The van der Waals surface area contributed by atoms with Gasteiger partial charge in [0.2, 0.25) is 0 Å². The minimum Gasteiger partial charge on any atom is -0.497 e. The molecular formula is C26H25N3O5. The first-order chi connectivity index (χ1) is 16.5. The Labute approximate surface area is 196 Å². The van der Waals surface area contributed by atoms with Crippen molar-refractivity contribution < 1.29 is 24.5 Å². The minimum atomic E-state index is -1.20. The van der Waals surface area contributed by atoms with Gasteiger partial charge in [0.1, 0.15) is 18.0 Å². The Balaban J connectivity index is 1.39. The van der Waals surface area contributed by atoms with Crippen LogP contribution in [0.3, 0.4) is 0 Å². The van der Waals surface area contributed by atoms with Crippen molar-refractivity contribution >= 4 is 27.7 Å². The van der Waals surface area contributed by atoms with E-state index in [2.05, 4.69) is 5.10 Å². The maximum atomic E-state index is 12.3. The molecule has 0 bridgehead atoms. The first-order valence-electron chi connectivity index (χ1n) is 11.1. The first-order valence-corrected chi connectivity index (χ1v) is 11.1. The molecule has 1 aliphatic rings. The number of hydrogen-bond donors (Lipinski definition) is 2. The molecule has 174 valence electrons. The van der Waals surface area contributed by atoms with Gasteiger partial charge in [-0.1, -0.05) is 36.4 Å². The molecule has 4 atom stereocenters. The Hall–Kier alpha value is -3.59. The lowest BCUT2D eigenvalue weighted by molar-refractivity contribution is -0.0409. The number of hydrogen-bond acceptors (Lipinski definition) is 7. The number of fused-ring (bicyclic) bond motifs is 2. The van der Waals surface area contributed by atoms with Gasteiger partial charge in [-0.25, -0.2) is 9.67 Å². The molecule has 34 heavy (non-hydrogen) atoms. The Bertz CT molecular complexity index is 1380. The lowest BCUT2D eigenvalue weighted by Crippen LogP contribution is -2.31. The smallest absolute Gasteiger partial charge is 0.185 e. The number of carbonyl (C=O) groups excluding carboxylic acids is 1. The summed E-state index contributed by atoms with van der Waals surface area (Å²) < 4.78 is 12.8. The van der Waals surface area contributed by atoms with E-state index in [0.29, 0.717) is 11.2 Å². The second-order valence-corrected chi connectivity index (χ2v) is 8.36. The van der Waals surface area contributed by atoms with Gasteiger partial charge in [0.05, 0.1) is 24.4 Å². The highest BCUT2D eigenvalue weighted by atomic mass is 16.6. The monoisotopic (exact) mass is 459 g/mol. The van der Waals surface area contributed by atoms with Crippen molar-refractivity contribution in [1.82, 2.24) is 14.8 Å². The van der Waals surface area contributed by atoms with E-state index in [-0.39, 0.29) is 12.2 Å². The van der Waals surface area contributed by atoms with E-state index in [1.807, 2.05) is 37.3 Å². The van der Waals surface area contributed by atoms with Gasteiger partial charge in [-0.05, 0) is 43.7 Å². The van der Waals surface area contributed by atoms with Crippen molar-refractivity contribution in [2.45, 2.75) is 37.9 Å². The molecule has 4 aromatic rings. The average molecular weight is 460 g/mol. The average Bonchev–Trinajstić information content (AvgIpc) is 3.33. The second-order valence-electron chi connectivity index (χ2n) is 8.36. The molecule has 3 heterocycles. The molecule has 0 amide bonds. The lowest BCUT2D eigenvalue weighted by Gasteiger charge is -2.15. The number of aliphatic hydroxyl groups is 2. The van der Waals surface area contributed by atoms with Crippen molar-refractivity contribution in [3.8, 4) is 5.75 Å². The number of nitrogens with zero attached hydrogens (tertiary/aromatic N) is 3. The van der Waals surface area contributed by atoms with Crippen LogP contribution in [0.4, 0.5) is 0 Å². The van der Waals surface area contributed by atoms with Crippen molar-refractivity contribution in [2.75, 3.05) is 7.11 Å². The molecule has 1 aliphatic heterocycles. The minimum absolute atomic E-state index is 0.133. The zero-order chi connectivity index (χ0) is 23.8. The SMILES string of the molecule is COc1ccc2nc3c(cc2c1)c(C)nn3[C@@H]1O[C@H](C/C=C/C(=O)c2ccccc2)[C@@H](O)[C@H]1O. The van der Waals surface area contributed by atoms with Crippen molar-refractivity contribution in [3.63, 3.8) is 0 Å². The molecule has 0 unspecified atom stereocenters. The zero-order valence-electron chi connectivity index (χ0n) is 18.8. The molecule has 0 radical (unpaired) electrons. The summed E-state index contributed by atoms with van der Waals surface area (Å²) >= 11 is 0. The highest BCUT2D eigenvalue weighted by Gasteiger charge is 2.44. The predicted octanol–water partition coefficient (Wildman–Crippen LogP) is 3.35. The number of methoxy groups -OCH3 is 1. The summed E-state index contributed by atoms with van der Waals surface area (Å²) in [5.41, 5.74) is 2.62. The van der Waals surface area contributed by atoms with Gasteiger partial charge in [0.15, 0.2) is 17.7 Å². The first kappa shape index (κ1) is 22.2. The van der Waals surface area contributed by atoms with Crippen molar-refractivity contribution in [2.24, 2.45) is 0 Å². The van der Waals surface area contributed by atoms with Crippen LogP contribution in [-0.2, 0) is 4.74 Å². The standard InChI is InChI=1S/C26H25N3O5/c1-15-19-14-17-13-18(33-2)11-12-20(17)27-25(19)29(28-15)26-24(32)23(31)22(34-26)10-6-9-21(30)16-7-4-3-5-8-16/h3-9,11-14,22-24,26,31-32H,10H2,1-2H3/b9-6+/t22-,23-,24-,26-/m1/s1. The summed E-state index contributed by atoms with van der Waals surface area (Å²) in [6, 6.07) is 16.5. The van der Waals surface area contributed by atoms with Crippen LogP contribution in [0.25, 0.3) is 21.9 Å². The Morgan fingerprint density at radius 2 is 1.94 bits per heavy atom. The molecular weight excluding hydrogens is 434 g/mol. The fourth-order valence-electron chi connectivity index (χ4n) is 4.29. The molecule has 5 rings (SSSR count). The fourth-order valence-corrected chi connectivity index (χ4v) is 4.29. The number of benzene rings is 2. The summed E-state index contributed by atoms with van der Waals surface area (Å²) in [4.78, 5) is 17.0. The quantitative estimate of drug-likeness (QED) is 0.336. The number of rotatable bonds is 6. The Morgan fingerprint density at radius 3 is 2.71 bits per heavy atom. The van der Waals surface area contributed by atoms with Crippen molar-refractivity contribution in [1.29, 1.82) is 0 Å². The van der Waals surface area contributed by atoms with E-state index < -0.39 is 24.5 Å². The molecule has 8 nitrogen and oxygen atoms in total. The molecule has 0 saturated carbocycles. The van der Waals surface area contributed by atoms with Gasteiger partial charge in [0, 0.05) is 16.3 Å². The number of aromatic nitrogens is 3. The normalized spacial score (nSPS) is 22.7. The number of carbonyl (C=O) groups is 1. The molecule has 1 saturated heterocycles. The summed E-state index contributed by atoms with van der Waals surface area (Å²) in [7, 11) is 1.61. The number of allylic oxidation sites excluding steroid dienone is 1. The molecule has 2 aromatic heterocycles. The van der Waals surface area contributed by atoms with Crippen LogP contribution in [0.15, 0.2) is 66.7 Å². The van der Waals surface area contributed by atoms with E-state index in [0.717, 1.165) is 27.7 Å². The zero-order valence-corrected chi connectivity index (χ0v) is 18.8. The van der Waals surface area contributed by atoms with Crippen LogP contribution in [0.2, 0.25) is 0 Å². The Kier molecular flexibility index (Phi) is 5.87. The van der Waals surface area contributed by atoms with E-state index in [1.54, 1.807) is 37.5 Å².